The molecule has 1 unspecified atom stereocenters. The molecule has 1 aliphatic carbocycles. The highest BCUT2D eigenvalue weighted by Gasteiger charge is 2.29. The van der Waals surface area contributed by atoms with Crippen molar-refractivity contribution in [1.29, 1.82) is 0 Å². The van der Waals surface area contributed by atoms with E-state index in [4.69, 9.17) is 0 Å². The maximum absolute atomic E-state index is 12.6. The second kappa shape index (κ2) is 7.48. The minimum atomic E-state index is 0.0962. The summed E-state index contributed by atoms with van der Waals surface area (Å²) in [6.07, 6.45) is 9.33. The third-order valence-electron chi connectivity index (χ3n) is 5.53. The van der Waals surface area contributed by atoms with Gasteiger partial charge in [0.25, 0.3) is 5.91 Å². The normalized spacial score (nSPS) is 23.7. The van der Waals surface area contributed by atoms with Gasteiger partial charge in [-0.1, -0.05) is 43.4 Å². The lowest BCUT2D eigenvalue weighted by atomic mass is 10.0. The van der Waals surface area contributed by atoms with Gasteiger partial charge in [-0.3, -0.25) is 9.69 Å². The Hall–Kier alpha value is -1.35. The summed E-state index contributed by atoms with van der Waals surface area (Å²) in [5.41, 5.74) is 3.04. The number of nitrogens with one attached hydrogen (secondary N) is 1. The van der Waals surface area contributed by atoms with Gasteiger partial charge < -0.3 is 5.32 Å². The van der Waals surface area contributed by atoms with Gasteiger partial charge in [0, 0.05) is 30.7 Å². The molecule has 0 spiro atoms. The molecule has 126 valence electrons. The Balaban J connectivity index is 1.57. The van der Waals surface area contributed by atoms with E-state index in [1.165, 1.54) is 38.5 Å². The largest absolute Gasteiger partial charge is 0.348 e. The monoisotopic (exact) mass is 314 g/mol. The average Bonchev–Trinajstić information content (AvgIpc) is 2.82. The maximum atomic E-state index is 12.6. The van der Waals surface area contributed by atoms with Gasteiger partial charge in [-0.25, -0.2) is 0 Å². The van der Waals surface area contributed by atoms with E-state index in [-0.39, 0.29) is 5.91 Å². The van der Waals surface area contributed by atoms with Crippen molar-refractivity contribution in [2.45, 2.75) is 70.9 Å². The van der Waals surface area contributed by atoms with Crippen molar-refractivity contribution in [2.75, 3.05) is 13.1 Å². The summed E-state index contributed by atoms with van der Waals surface area (Å²) in [4.78, 5) is 15.2. The fraction of sp³-hybridized carbons (Fsp3) is 0.650. The first-order chi connectivity index (χ1) is 11.1. The molecule has 1 heterocycles. The quantitative estimate of drug-likeness (QED) is 0.860. The molecule has 23 heavy (non-hydrogen) atoms. The van der Waals surface area contributed by atoms with Crippen molar-refractivity contribution in [2.24, 2.45) is 0 Å². The Morgan fingerprint density at radius 2 is 1.83 bits per heavy atom. The van der Waals surface area contributed by atoms with Gasteiger partial charge in [0.15, 0.2) is 0 Å². The molecule has 1 saturated carbocycles. The number of amides is 1. The van der Waals surface area contributed by atoms with Gasteiger partial charge in [0.1, 0.15) is 0 Å². The van der Waals surface area contributed by atoms with Gasteiger partial charge in [-0.2, -0.15) is 0 Å². The summed E-state index contributed by atoms with van der Waals surface area (Å²) in [6, 6.07) is 7.17. The standard InChI is InChI=1S/C20H30N2O/c1-15-9-10-16(2)19(13-15)20(23)21-17-11-12-22(14-17)18-7-5-3-4-6-8-18/h9-10,13,17-18H,3-8,11-12,14H2,1-2H3,(H,21,23). The number of rotatable bonds is 3. The highest BCUT2D eigenvalue weighted by molar-refractivity contribution is 5.96. The van der Waals surface area contributed by atoms with E-state index in [9.17, 15) is 4.79 Å². The molecule has 0 aromatic heterocycles. The Bertz CT molecular complexity index is 547. The molecule has 0 radical (unpaired) electrons. The highest BCUT2D eigenvalue weighted by atomic mass is 16.1. The van der Waals surface area contributed by atoms with Gasteiger partial charge in [-0.15, -0.1) is 0 Å². The lowest BCUT2D eigenvalue weighted by Gasteiger charge is -2.26. The van der Waals surface area contributed by atoms with Crippen LogP contribution in [0.3, 0.4) is 0 Å². The molecule has 3 heteroatoms. The first-order valence-electron chi connectivity index (χ1n) is 9.25. The molecule has 1 atom stereocenters. The second-order valence-electron chi connectivity index (χ2n) is 7.42. The number of nitrogens with zero attached hydrogens (tertiary/aromatic N) is 1. The van der Waals surface area contributed by atoms with Crippen molar-refractivity contribution in [3.05, 3.63) is 34.9 Å². The topological polar surface area (TPSA) is 32.3 Å². The van der Waals surface area contributed by atoms with Gasteiger partial charge >= 0.3 is 0 Å². The summed E-state index contributed by atoms with van der Waals surface area (Å²) in [7, 11) is 0. The van der Waals surface area contributed by atoms with Crippen LogP contribution in [-0.2, 0) is 0 Å². The van der Waals surface area contributed by atoms with Crippen molar-refractivity contribution >= 4 is 5.91 Å². The third-order valence-corrected chi connectivity index (χ3v) is 5.53. The van der Waals surface area contributed by atoms with E-state index < -0.39 is 0 Å². The first-order valence-corrected chi connectivity index (χ1v) is 9.25. The number of likely N-dealkylation sites (tertiary alicyclic amines) is 1. The number of hydrogen-bond donors (Lipinski definition) is 1. The Kier molecular flexibility index (Phi) is 5.37. The molecule has 0 bridgehead atoms. The van der Waals surface area contributed by atoms with Crippen LogP contribution >= 0.6 is 0 Å². The van der Waals surface area contributed by atoms with Gasteiger partial charge in [-0.05, 0) is 44.7 Å². The number of hydrogen-bond acceptors (Lipinski definition) is 2. The molecule has 2 aliphatic rings. The van der Waals surface area contributed by atoms with Crippen LogP contribution < -0.4 is 5.32 Å². The van der Waals surface area contributed by atoms with E-state index in [1.807, 2.05) is 26.0 Å². The first kappa shape index (κ1) is 16.5. The third kappa shape index (κ3) is 4.14. The molecule has 3 nitrogen and oxygen atoms in total. The van der Waals surface area contributed by atoms with E-state index in [2.05, 4.69) is 16.3 Å². The number of benzene rings is 1. The van der Waals surface area contributed by atoms with E-state index in [0.29, 0.717) is 6.04 Å². The van der Waals surface area contributed by atoms with Crippen LogP contribution in [0.2, 0.25) is 0 Å². The van der Waals surface area contributed by atoms with Crippen molar-refractivity contribution < 1.29 is 4.79 Å². The molecular weight excluding hydrogens is 284 g/mol. The molecule has 1 N–H and O–H groups in total. The van der Waals surface area contributed by atoms with Gasteiger partial charge in [0.05, 0.1) is 0 Å². The van der Waals surface area contributed by atoms with Crippen LogP contribution in [-0.4, -0.2) is 36.0 Å². The molecule has 1 aromatic carbocycles. The lowest BCUT2D eigenvalue weighted by molar-refractivity contribution is 0.0935. The van der Waals surface area contributed by atoms with Gasteiger partial charge in [0.2, 0.25) is 0 Å². The minimum Gasteiger partial charge on any atom is -0.348 e. The fourth-order valence-corrected chi connectivity index (χ4v) is 4.10. The second-order valence-corrected chi connectivity index (χ2v) is 7.42. The molecule has 1 saturated heterocycles. The summed E-state index contributed by atoms with van der Waals surface area (Å²) >= 11 is 0. The van der Waals surface area contributed by atoms with Crippen LogP contribution in [0.5, 0.6) is 0 Å². The number of carbonyl (C=O) groups excluding carboxylic acids is 1. The highest BCUT2D eigenvalue weighted by Crippen LogP contribution is 2.25. The Labute approximate surface area is 140 Å². The van der Waals surface area contributed by atoms with E-state index >= 15 is 0 Å². The molecule has 2 fully saturated rings. The van der Waals surface area contributed by atoms with Crippen LogP contribution in [0, 0.1) is 13.8 Å². The van der Waals surface area contributed by atoms with Crippen molar-refractivity contribution in [3.8, 4) is 0 Å². The van der Waals surface area contributed by atoms with Crippen LogP contribution in [0.4, 0.5) is 0 Å². The summed E-state index contributed by atoms with van der Waals surface area (Å²) in [5, 5.41) is 3.27. The molecule has 3 rings (SSSR count). The summed E-state index contributed by atoms with van der Waals surface area (Å²) < 4.78 is 0. The fourth-order valence-electron chi connectivity index (χ4n) is 4.10. The summed E-state index contributed by atoms with van der Waals surface area (Å²) in [6.45, 7) is 6.23. The van der Waals surface area contributed by atoms with Crippen molar-refractivity contribution in [3.63, 3.8) is 0 Å². The molecule has 1 aliphatic heterocycles. The predicted molar refractivity (Wildman–Crippen MR) is 94.9 cm³/mol. The predicted octanol–water partition coefficient (Wildman–Crippen LogP) is 3.83. The van der Waals surface area contributed by atoms with Crippen LogP contribution in [0.1, 0.15) is 66.4 Å². The zero-order valence-electron chi connectivity index (χ0n) is 14.6. The van der Waals surface area contributed by atoms with E-state index in [1.54, 1.807) is 0 Å². The zero-order chi connectivity index (χ0) is 16.2. The van der Waals surface area contributed by atoms with E-state index in [0.717, 1.165) is 42.2 Å². The molecular formula is C20H30N2O. The van der Waals surface area contributed by atoms with Crippen LogP contribution in [0.25, 0.3) is 0 Å². The molecule has 1 amide bonds. The zero-order valence-corrected chi connectivity index (χ0v) is 14.6. The SMILES string of the molecule is Cc1ccc(C)c(C(=O)NC2CCN(C3CCCCCC3)C2)c1. The number of carbonyl (C=O) groups is 1. The molecule has 1 aromatic rings. The Morgan fingerprint density at radius 1 is 1.09 bits per heavy atom. The average molecular weight is 314 g/mol. The maximum Gasteiger partial charge on any atom is 0.251 e. The smallest absolute Gasteiger partial charge is 0.251 e. The van der Waals surface area contributed by atoms with Crippen molar-refractivity contribution in [1.82, 2.24) is 10.2 Å². The Morgan fingerprint density at radius 3 is 2.57 bits per heavy atom. The summed E-state index contributed by atoms with van der Waals surface area (Å²) in [5.74, 6) is 0.0962. The number of aryl methyl sites for hydroxylation is 2. The minimum absolute atomic E-state index is 0.0962. The lowest BCUT2D eigenvalue weighted by Crippen LogP contribution is -2.40. The van der Waals surface area contributed by atoms with Crippen LogP contribution in [0.15, 0.2) is 18.2 Å².